The van der Waals surface area contributed by atoms with Crippen LogP contribution in [0.15, 0.2) is 83.8 Å². The molecule has 0 bridgehead atoms. The quantitative estimate of drug-likeness (QED) is 0.0878. The molecule has 59 heavy (non-hydrogen) atoms. The molecule has 1 aliphatic rings. The normalized spacial score (nSPS) is 12.8. The van der Waals surface area contributed by atoms with Gasteiger partial charge in [0.25, 0.3) is 17.4 Å². The third-order valence-corrected chi connectivity index (χ3v) is 9.26. The van der Waals surface area contributed by atoms with E-state index in [1.165, 1.54) is 30.5 Å². The van der Waals surface area contributed by atoms with Crippen LogP contribution in [0.25, 0.3) is 21.9 Å². The van der Waals surface area contributed by atoms with E-state index in [0.717, 1.165) is 44.1 Å². The van der Waals surface area contributed by atoms with Gasteiger partial charge in [-0.1, -0.05) is 56.3 Å². The van der Waals surface area contributed by atoms with Crippen LogP contribution >= 0.6 is 0 Å². The first-order chi connectivity index (χ1) is 28.3. The number of alkyl halides is 2. The van der Waals surface area contributed by atoms with Crippen molar-refractivity contribution in [1.82, 2.24) is 35.6 Å². The molecule has 3 heterocycles. The molecule has 0 atom stereocenters. The van der Waals surface area contributed by atoms with Gasteiger partial charge in [0, 0.05) is 75.3 Å². The summed E-state index contributed by atoms with van der Waals surface area (Å²) >= 11 is 0. The third kappa shape index (κ3) is 13.3. The molecule has 5 aromatic rings. The highest BCUT2D eigenvalue weighted by Gasteiger charge is 2.24. The number of aromatic amines is 1. The van der Waals surface area contributed by atoms with Crippen molar-refractivity contribution < 1.29 is 32.3 Å². The molecule has 2 amide bonds. The number of ether oxygens (including phenoxy) is 1. The monoisotopic (exact) mass is 816 g/mol. The summed E-state index contributed by atoms with van der Waals surface area (Å²) in [6.07, 6.45) is 2.32. The first kappa shape index (κ1) is 45.7. The number of halogens is 3. The van der Waals surface area contributed by atoms with Crippen LogP contribution in [0.4, 0.5) is 18.9 Å². The van der Waals surface area contributed by atoms with Crippen LogP contribution in [0.5, 0.6) is 0 Å². The number of carbonyl (C=O) groups is 3. The fourth-order valence-electron chi connectivity index (χ4n) is 6.02. The number of fused-ring (bicyclic) bond motifs is 1. The summed E-state index contributed by atoms with van der Waals surface area (Å²) in [6.45, 7) is 9.86. The molecule has 0 spiro atoms. The molecule has 0 saturated carbocycles. The number of rotatable bonds is 14. The summed E-state index contributed by atoms with van der Waals surface area (Å²) in [6, 6.07) is 19.0. The highest BCUT2D eigenvalue weighted by Crippen LogP contribution is 2.31. The topological polar surface area (TPSA) is 176 Å². The van der Waals surface area contributed by atoms with Gasteiger partial charge in [0.05, 0.1) is 42.1 Å². The number of hydrogen-bond acceptors (Lipinski definition) is 10. The molecule has 5 N–H and O–H groups in total. The van der Waals surface area contributed by atoms with Crippen LogP contribution in [-0.4, -0.2) is 109 Å². The van der Waals surface area contributed by atoms with Gasteiger partial charge < -0.3 is 30.9 Å². The van der Waals surface area contributed by atoms with Gasteiger partial charge >= 0.3 is 0 Å². The molecule has 3 aromatic carbocycles. The van der Waals surface area contributed by atoms with Gasteiger partial charge in [-0.15, -0.1) is 0 Å². The smallest absolute Gasteiger partial charge is 0.272 e. The summed E-state index contributed by atoms with van der Waals surface area (Å²) in [5.41, 5.74) is 8.37. The highest BCUT2D eigenvalue weighted by molar-refractivity contribution is 5.97. The summed E-state index contributed by atoms with van der Waals surface area (Å²) in [5, 5.41) is 13.6. The third-order valence-electron chi connectivity index (χ3n) is 9.26. The molecule has 0 radical (unpaired) electrons. The molecular weight excluding hydrogens is 766 g/mol. The van der Waals surface area contributed by atoms with Gasteiger partial charge in [-0.3, -0.25) is 19.2 Å². The number of carbonyl (C=O) groups excluding carboxylic acids is 3. The Morgan fingerprint density at radius 2 is 1.66 bits per heavy atom. The Morgan fingerprint density at radius 3 is 2.36 bits per heavy atom. The van der Waals surface area contributed by atoms with Crippen molar-refractivity contribution in [3.05, 3.63) is 123 Å². The molecule has 0 unspecified atom stereocenters. The van der Waals surface area contributed by atoms with Crippen LogP contribution in [0.2, 0.25) is 0 Å². The van der Waals surface area contributed by atoms with Crippen LogP contribution in [0, 0.1) is 5.82 Å². The predicted octanol–water partition coefficient (Wildman–Crippen LogP) is 5.04. The molecule has 6 rings (SSSR count). The van der Waals surface area contributed by atoms with E-state index in [1.807, 2.05) is 37.9 Å². The van der Waals surface area contributed by atoms with E-state index in [9.17, 15) is 32.3 Å². The second-order valence-electron chi connectivity index (χ2n) is 13.6. The average molecular weight is 817 g/mol. The van der Waals surface area contributed by atoms with Crippen molar-refractivity contribution in [2.75, 3.05) is 71.8 Å². The number of piperazine rings is 1. The summed E-state index contributed by atoms with van der Waals surface area (Å²) in [5.74, 6) is -3.88. The van der Waals surface area contributed by atoms with E-state index >= 15 is 0 Å². The lowest BCUT2D eigenvalue weighted by atomic mass is 10.0. The molecule has 16 heteroatoms. The number of aldehydes is 1. The number of amides is 2. The van der Waals surface area contributed by atoms with Crippen molar-refractivity contribution in [3.8, 4) is 11.1 Å². The van der Waals surface area contributed by atoms with Crippen molar-refractivity contribution >= 4 is 34.6 Å². The van der Waals surface area contributed by atoms with Gasteiger partial charge in [0.1, 0.15) is 5.82 Å². The fourth-order valence-corrected chi connectivity index (χ4v) is 6.02. The molecule has 1 saturated heterocycles. The maximum Gasteiger partial charge on any atom is 0.272 e. The lowest BCUT2D eigenvalue weighted by molar-refractivity contribution is -0.131. The number of nitrogens with two attached hydrogens (primary N) is 1. The second kappa shape index (κ2) is 22.3. The Labute approximate surface area is 341 Å². The summed E-state index contributed by atoms with van der Waals surface area (Å²) in [4.78, 5) is 55.2. The number of H-pyrrole nitrogens is 1. The molecular formula is C43H51F3N8O5. The van der Waals surface area contributed by atoms with E-state index in [4.69, 9.17) is 10.5 Å². The number of nitrogens with one attached hydrogen (secondary N) is 3. The van der Waals surface area contributed by atoms with Gasteiger partial charge in [-0.2, -0.15) is 5.10 Å². The van der Waals surface area contributed by atoms with Crippen LogP contribution in [-0.2, 0) is 21.9 Å². The molecule has 2 aromatic heterocycles. The minimum Gasteiger partial charge on any atom is -0.397 e. The average Bonchev–Trinajstić information content (AvgIpc) is 3.24. The number of pyridine rings is 1. The van der Waals surface area contributed by atoms with Crippen molar-refractivity contribution in [1.29, 1.82) is 0 Å². The molecule has 1 aliphatic heterocycles. The van der Waals surface area contributed by atoms with E-state index in [2.05, 4.69) is 30.7 Å². The van der Waals surface area contributed by atoms with Gasteiger partial charge in [-0.25, -0.2) is 23.3 Å². The lowest BCUT2D eigenvalue weighted by Gasteiger charge is -2.32. The maximum atomic E-state index is 13.6. The molecule has 13 nitrogen and oxygen atoms in total. The standard InChI is InChI=1S/C25H34F2N6O3.C16H11FN2O2.C2H6/c1-25(26,27)20-5-3-4-18(14-20)19-15-21(28)23(31-16-19)24(35)30-7-13-36-12-6-29-17-22(34)33-10-8-32(2)9-11-33;17-14-6-5-10(7-11(14)9-20)8-15-12-3-1-2-4-13(12)16(21)19-18-15;1-2/h3-5,14-16,29H,6-13,17,28H2,1-2H3,(H,30,35);1-7,9H,8H2,(H,19,21);1-2H3. The zero-order chi connectivity index (χ0) is 43.0. The summed E-state index contributed by atoms with van der Waals surface area (Å²) < 4.78 is 46.1. The first-order valence-electron chi connectivity index (χ1n) is 19.3. The second-order valence-corrected chi connectivity index (χ2v) is 13.6. The van der Waals surface area contributed by atoms with E-state index in [-0.39, 0.29) is 53.7 Å². The van der Waals surface area contributed by atoms with Crippen LogP contribution in [0.3, 0.4) is 0 Å². The zero-order valence-electron chi connectivity index (χ0n) is 33.7. The Bertz CT molecular complexity index is 2240. The first-order valence-corrected chi connectivity index (χ1v) is 19.3. The van der Waals surface area contributed by atoms with Crippen molar-refractivity contribution in [3.63, 3.8) is 0 Å². The minimum absolute atomic E-state index is 0.0150. The van der Waals surface area contributed by atoms with E-state index in [1.54, 1.807) is 36.4 Å². The molecule has 314 valence electrons. The van der Waals surface area contributed by atoms with Gasteiger partial charge in [0.15, 0.2) is 12.0 Å². The van der Waals surface area contributed by atoms with Crippen LogP contribution in [0.1, 0.15) is 58.4 Å². The number of hydrogen-bond donors (Lipinski definition) is 4. The largest absolute Gasteiger partial charge is 0.397 e. The maximum absolute atomic E-state index is 13.6. The highest BCUT2D eigenvalue weighted by atomic mass is 19.3. The van der Waals surface area contributed by atoms with Gasteiger partial charge in [0.2, 0.25) is 5.91 Å². The number of benzene rings is 3. The molecule has 0 aliphatic carbocycles. The fraction of sp³-hybridized carbons (Fsp3) is 0.349. The Kier molecular flexibility index (Phi) is 17.2. The summed E-state index contributed by atoms with van der Waals surface area (Å²) in [7, 11) is 2.04. The number of anilines is 1. The lowest BCUT2D eigenvalue weighted by Crippen LogP contribution is -2.49. The van der Waals surface area contributed by atoms with Crippen LogP contribution < -0.4 is 21.9 Å². The van der Waals surface area contributed by atoms with Crippen molar-refractivity contribution in [2.45, 2.75) is 33.1 Å². The Morgan fingerprint density at radius 1 is 0.949 bits per heavy atom. The Balaban J connectivity index is 0.000000282. The predicted molar refractivity (Wildman–Crippen MR) is 222 cm³/mol. The van der Waals surface area contributed by atoms with E-state index < -0.39 is 17.6 Å². The molecule has 1 fully saturated rings. The van der Waals surface area contributed by atoms with Gasteiger partial charge in [-0.05, 0) is 48.5 Å². The van der Waals surface area contributed by atoms with E-state index in [0.29, 0.717) is 48.1 Å². The SMILES string of the molecule is CC.CN1CCN(C(=O)CNCCOCCNC(=O)c2ncc(-c3cccc(C(C)(F)F)c3)cc2N)CC1.O=Cc1cc(Cc2n[nH]c(=O)c3ccccc23)ccc1F. The Hall–Kier alpha value is -5.97. The minimum atomic E-state index is -2.96. The number of nitrogen functional groups attached to an aromatic ring is 1. The van der Waals surface area contributed by atoms with Crippen molar-refractivity contribution in [2.24, 2.45) is 0 Å². The number of aromatic nitrogens is 3. The zero-order valence-corrected chi connectivity index (χ0v) is 33.7. The number of likely N-dealkylation sites (N-methyl/N-ethyl adjacent to an activating group) is 1. The number of nitrogens with zero attached hydrogens (tertiary/aromatic N) is 4.